The maximum Gasteiger partial charge on any atom is 0.0636 e. The molecule has 2 aromatic carbocycles. The van der Waals surface area contributed by atoms with Crippen molar-refractivity contribution >= 4 is 22.8 Å². The van der Waals surface area contributed by atoms with E-state index in [1.165, 1.54) is 414 Å². The average molecular weight is 1190 g/mol. The van der Waals surface area contributed by atoms with E-state index >= 15 is 0 Å². The molecule has 0 aliphatic heterocycles. The second-order valence-electron chi connectivity index (χ2n) is 28.0. The molecule has 0 saturated carbocycles. The van der Waals surface area contributed by atoms with Crippen LogP contribution in [0.1, 0.15) is 450 Å². The van der Waals surface area contributed by atoms with E-state index in [9.17, 15) is 0 Å². The molecule has 0 spiro atoms. The molecule has 2 nitrogen and oxygen atoms in total. The highest BCUT2D eigenvalue weighted by Crippen LogP contribution is 2.25. The Morgan fingerprint density at radius 2 is 0.395 bits per heavy atom. The van der Waals surface area contributed by atoms with Crippen molar-refractivity contribution in [2.24, 2.45) is 9.98 Å². The summed E-state index contributed by atoms with van der Waals surface area (Å²) in [5, 5.41) is 0. The van der Waals surface area contributed by atoms with Crippen molar-refractivity contribution < 1.29 is 0 Å². The number of aliphatic imine (C=N–C) groups is 2. The molecule has 86 heavy (non-hydrogen) atoms. The number of rotatable bonds is 69. The predicted molar refractivity (Wildman–Crippen MR) is 393 cm³/mol. The SMILES string of the molecule is CCCCCCCCCCCCCCCCCCCCCCCCCCCCCCc1cccc(N=C(CCCC)C(CCCCCC)=Nc2cccc(CCCCCCCCCCCCCCCCCCCCCCCCCCCCCC)c2)c1. The minimum Gasteiger partial charge on any atom is -0.252 e. The largest absolute Gasteiger partial charge is 0.252 e. The molecule has 0 aliphatic carbocycles. The summed E-state index contributed by atoms with van der Waals surface area (Å²) < 4.78 is 0. The first-order valence-corrected chi connectivity index (χ1v) is 40.0. The highest BCUT2D eigenvalue weighted by atomic mass is 14.8. The molecule has 2 heteroatoms. The first-order chi connectivity index (χ1) is 42.7. The van der Waals surface area contributed by atoms with Crippen LogP contribution in [0.5, 0.6) is 0 Å². The van der Waals surface area contributed by atoms with Crippen molar-refractivity contribution in [3.8, 4) is 0 Å². The summed E-state index contributed by atoms with van der Waals surface area (Å²) >= 11 is 0. The fourth-order valence-electron chi connectivity index (χ4n) is 13.5. The Balaban J connectivity index is 1.56. The number of benzene rings is 2. The van der Waals surface area contributed by atoms with Crippen LogP contribution in [0.15, 0.2) is 58.5 Å². The van der Waals surface area contributed by atoms with E-state index in [2.05, 4.69) is 76.2 Å². The first-order valence-electron chi connectivity index (χ1n) is 40.0. The van der Waals surface area contributed by atoms with E-state index in [1.54, 1.807) is 0 Å². The normalized spacial score (nSPS) is 12.1. The lowest BCUT2D eigenvalue weighted by molar-refractivity contribution is 0.514. The van der Waals surface area contributed by atoms with Crippen LogP contribution in [0.4, 0.5) is 11.4 Å². The van der Waals surface area contributed by atoms with Crippen LogP contribution < -0.4 is 0 Å². The maximum atomic E-state index is 5.47. The molecule has 498 valence electrons. The average Bonchev–Trinajstić information content (AvgIpc) is 3.67. The maximum absolute atomic E-state index is 5.47. The summed E-state index contributed by atoms with van der Waals surface area (Å²) in [6, 6.07) is 18.4. The van der Waals surface area contributed by atoms with Gasteiger partial charge in [-0.1, -0.05) is 424 Å². The summed E-state index contributed by atoms with van der Waals surface area (Å²) in [6.07, 6.45) is 92.8. The van der Waals surface area contributed by atoms with Crippen LogP contribution in [0, 0.1) is 0 Å². The van der Waals surface area contributed by atoms with Crippen molar-refractivity contribution in [1.29, 1.82) is 0 Å². The Labute approximate surface area is 541 Å². The first kappa shape index (κ1) is 79.9. The van der Waals surface area contributed by atoms with E-state index in [0.717, 1.165) is 43.5 Å². The van der Waals surface area contributed by atoms with Gasteiger partial charge in [-0.3, -0.25) is 9.98 Å². The molecule has 0 radical (unpaired) electrons. The minimum atomic E-state index is 1.01. The summed E-state index contributed by atoms with van der Waals surface area (Å²) in [7, 11) is 0. The monoisotopic (exact) mass is 1190 g/mol. The smallest absolute Gasteiger partial charge is 0.0636 e. The zero-order valence-electron chi connectivity index (χ0n) is 59.2. The number of hydrogen-bond acceptors (Lipinski definition) is 2. The molecule has 0 unspecified atom stereocenters. The molecule has 0 atom stereocenters. The minimum absolute atomic E-state index is 1.01. The molecule has 0 bridgehead atoms. The van der Waals surface area contributed by atoms with Crippen LogP contribution in [0.25, 0.3) is 0 Å². The summed E-state index contributed by atoms with van der Waals surface area (Å²) in [4.78, 5) is 10.9. The predicted octanol–water partition coefficient (Wildman–Crippen LogP) is 30.7. The molecule has 0 fully saturated rings. The van der Waals surface area contributed by atoms with Gasteiger partial charge in [0.2, 0.25) is 0 Å². The molecule has 0 aliphatic rings. The molecule has 2 rings (SSSR count). The highest BCUT2D eigenvalue weighted by Gasteiger charge is 2.12. The third-order valence-corrected chi connectivity index (χ3v) is 19.4. The fourth-order valence-corrected chi connectivity index (χ4v) is 13.5. The lowest BCUT2D eigenvalue weighted by Crippen LogP contribution is -2.14. The van der Waals surface area contributed by atoms with E-state index in [4.69, 9.17) is 9.98 Å². The standard InChI is InChI=1S/C84H152N2/c1-5-9-13-16-18-20-22-24-26-28-30-32-34-36-38-40-42-44-46-48-50-52-54-56-58-60-62-64-69-79-71-67-73-81(77-79)85-83(75-12-8-4)84(76-66-15-11-7-3)86-82-74-68-72-80(78-82)70-65-63-61-59-57-55-53-51-49-47-45-43-41-39-37-35-33-31-29-27-25-23-21-19-17-14-10-6-2/h67-68,71-74,77-78H,5-66,69-70,75-76H2,1-4H3. The Morgan fingerprint density at radius 1 is 0.209 bits per heavy atom. The quantitative estimate of drug-likeness (QED) is 0.0466. The Morgan fingerprint density at radius 3 is 0.616 bits per heavy atom. The fraction of sp³-hybridized carbons (Fsp3) is 0.833. The molecule has 0 heterocycles. The van der Waals surface area contributed by atoms with Crippen LogP contribution in [0.2, 0.25) is 0 Å². The van der Waals surface area contributed by atoms with Crippen LogP contribution in [-0.4, -0.2) is 11.4 Å². The van der Waals surface area contributed by atoms with Gasteiger partial charge in [0.15, 0.2) is 0 Å². The number of nitrogens with zero attached hydrogens (tertiary/aromatic N) is 2. The molecule has 0 aromatic heterocycles. The van der Waals surface area contributed by atoms with Gasteiger partial charge in [0, 0.05) is 0 Å². The number of unbranched alkanes of at least 4 members (excludes halogenated alkanes) is 58. The zero-order valence-corrected chi connectivity index (χ0v) is 59.2. The summed E-state index contributed by atoms with van der Waals surface area (Å²) in [5.41, 5.74) is 7.58. The highest BCUT2D eigenvalue weighted by molar-refractivity contribution is 6.43. The topological polar surface area (TPSA) is 24.7 Å². The van der Waals surface area contributed by atoms with Crippen LogP contribution >= 0.6 is 0 Å². The van der Waals surface area contributed by atoms with Crippen molar-refractivity contribution in [3.05, 3.63) is 59.7 Å². The van der Waals surface area contributed by atoms with Gasteiger partial charge in [-0.2, -0.15) is 0 Å². The van der Waals surface area contributed by atoms with Crippen molar-refractivity contribution in [3.63, 3.8) is 0 Å². The molecule has 0 amide bonds. The Bertz CT molecular complexity index is 1720. The molecule has 2 aromatic rings. The second kappa shape index (κ2) is 65.7. The third kappa shape index (κ3) is 53.6. The Hall–Kier alpha value is -2.22. The summed E-state index contributed by atoms with van der Waals surface area (Å²) in [5.74, 6) is 0. The van der Waals surface area contributed by atoms with Crippen molar-refractivity contribution in [2.75, 3.05) is 0 Å². The van der Waals surface area contributed by atoms with E-state index in [1.807, 2.05) is 0 Å². The molecular formula is C84H152N2. The van der Waals surface area contributed by atoms with Gasteiger partial charge < -0.3 is 0 Å². The summed E-state index contributed by atoms with van der Waals surface area (Å²) in [6.45, 7) is 9.26. The van der Waals surface area contributed by atoms with Crippen LogP contribution in [0.3, 0.4) is 0 Å². The zero-order chi connectivity index (χ0) is 61.2. The van der Waals surface area contributed by atoms with Gasteiger partial charge in [0.25, 0.3) is 0 Å². The molecule has 0 saturated heterocycles. The van der Waals surface area contributed by atoms with Gasteiger partial charge in [-0.25, -0.2) is 0 Å². The van der Waals surface area contributed by atoms with Gasteiger partial charge in [-0.05, 0) is 86.8 Å². The van der Waals surface area contributed by atoms with Gasteiger partial charge in [0.05, 0.1) is 22.8 Å². The molecule has 0 N–H and O–H groups in total. The molecular weight excluding hydrogens is 1040 g/mol. The van der Waals surface area contributed by atoms with Gasteiger partial charge >= 0.3 is 0 Å². The lowest BCUT2D eigenvalue weighted by atomic mass is 10.0. The number of hydrogen-bond donors (Lipinski definition) is 0. The number of aryl methyl sites for hydroxylation is 2. The van der Waals surface area contributed by atoms with E-state index < -0.39 is 0 Å². The van der Waals surface area contributed by atoms with Crippen molar-refractivity contribution in [1.82, 2.24) is 0 Å². The van der Waals surface area contributed by atoms with Gasteiger partial charge in [-0.15, -0.1) is 0 Å². The second-order valence-corrected chi connectivity index (χ2v) is 28.0. The van der Waals surface area contributed by atoms with Crippen LogP contribution in [-0.2, 0) is 12.8 Å². The van der Waals surface area contributed by atoms with E-state index in [-0.39, 0.29) is 0 Å². The lowest BCUT2D eigenvalue weighted by Gasteiger charge is -2.12. The third-order valence-electron chi connectivity index (χ3n) is 19.4. The Kier molecular flexibility index (Phi) is 61.0. The van der Waals surface area contributed by atoms with Gasteiger partial charge in [0.1, 0.15) is 0 Å². The van der Waals surface area contributed by atoms with Crippen molar-refractivity contribution in [2.45, 2.75) is 451 Å². The van der Waals surface area contributed by atoms with E-state index in [0.29, 0.717) is 0 Å².